The second-order valence-electron chi connectivity index (χ2n) is 4.55. The molecule has 0 atom stereocenters. The number of carboxylic acid groups (broad SMARTS) is 2. The molecule has 10 nitrogen and oxygen atoms in total. The Kier molecular flexibility index (Phi) is 4.50. The first-order valence-electron chi connectivity index (χ1n) is 6.36. The summed E-state index contributed by atoms with van der Waals surface area (Å²) in [5.41, 5.74) is 3.68. The molecule has 0 amide bonds. The van der Waals surface area contributed by atoms with Crippen molar-refractivity contribution in [3.8, 4) is 0 Å². The molecule has 0 fully saturated rings. The monoisotopic (exact) mass is 330 g/mol. The van der Waals surface area contributed by atoms with Gasteiger partial charge in [-0.25, -0.2) is 9.59 Å². The van der Waals surface area contributed by atoms with E-state index in [-0.39, 0.29) is 5.69 Å². The number of benzene rings is 2. The minimum absolute atomic E-state index is 0.146. The molecular weight excluding hydrogens is 320 g/mol. The van der Waals surface area contributed by atoms with Crippen LogP contribution in [0.15, 0.2) is 46.6 Å². The van der Waals surface area contributed by atoms with Gasteiger partial charge < -0.3 is 15.9 Å². The Labute approximate surface area is 134 Å². The van der Waals surface area contributed by atoms with Gasteiger partial charge in [-0.15, -0.1) is 0 Å². The van der Waals surface area contributed by atoms with Crippen molar-refractivity contribution in [2.24, 2.45) is 10.2 Å². The molecule has 0 aliphatic rings. The number of nitrogens with two attached hydrogens (primary N) is 1. The van der Waals surface area contributed by atoms with Crippen molar-refractivity contribution in [1.29, 1.82) is 0 Å². The molecule has 2 aromatic carbocycles. The lowest BCUT2D eigenvalue weighted by molar-refractivity contribution is -0.385. The zero-order valence-electron chi connectivity index (χ0n) is 11.9. The fourth-order valence-corrected chi connectivity index (χ4v) is 1.86. The van der Waals surface area contributed by atoms with E-state index in [0.29, 0.717) is 11.4 Å². The highest BCUT2D eigenvalue weighted by molar-refractivity contribution is 6.02. The molecule has 0 aromatic heterocycles. The minimum Gasteiger partial charge on any atom is -0.477 e. The zero-order valence-corrected chi connectivity index (χ0v) is 11.9. The van der Waals surface area contributed by atoms with E-state index in [0.717, 1.165) is 12.1 Å². The van der Waals surface area contributed by atoms with Gasteiger partial charge in [0.05, 0.1) is 16.3 Å². The molecule has 0 saturated heterocycles. The summed E-state index contributed by atoms with van der Waals surface area (Å²) in [5, 5.41) is 36.7. The van der Waals surface area contributed by atoms with Gasteiger partial charge >= 0.3 is 11.9 Å². The van der Waals surface area contributed by atoms with Gasteiger partial charge in [0, 0.05) is 5.69 Å². The van der Waals surface area contributed by atoms with Crippen molar-refractivity contribution >= 4 is 34.7 Å². The van der Waals surface area contributed by atoms with Crippen molar-refractivity contribution in [1.82, 2.24) is 0 Å². The van der Waals surface area contributed by atoms with Gasteiger partial charge in [-0.2, -0.15) is 10.2 Å². The van der Waals surface area contributed by atoms with Crippen molar-refractivity contribution < 1.29 is 24.7 Å². The smallest absolute Gasteiger partial charge is 0.342 e. The molecule has 0 aliphatic heterocycles. The molecule has 2 aromatic rings. The second kappa shape index (κ2) is 6.52. The summed E-state index contributed by atoms with van der Waals surface area (Å²) < 4.78 is 0. The summed E-state index contributed by atoms with van der Waals surface area (Å²) in [6, 6.07) is 7.98. The van der Waals surface area contributed by atoms with E-state index in [4.69, 9.17) is 15.9 Å². The highest BCUT2D eigenvalue weighted by Crippen LogP contribution is 2.30. The molecule has 0 saturated carbocycles. The first-order chi connectivity index (χ1) is 11.3. The fraction of sp³-hybridized carbons (Fsp3) is 0. The Balaban J connectivity index is 2.55. The van der Waals surface area contributed by atoms with Crippen LogP contribution in [-0.4, -0.2) is 27.1 Å². The summed E-state index contributed by atoms with van der Waals surface area (Å²) in [6.07, 6.45) is 0. The number of carboxylic acids is 2. The van der Waals surface area contributed by atoms with E-state index in [2.05, 4.69) is 10.2 Å². The van der Waals surface area contributed by atoms with Crippen LogP contribution in [0.3, 0.4) is 0 Å². The molecule has 10 heteroatoms. The molecule has 0 radical (unpaired) electrons. The van der Waals surface area contributed by atoms with Crippen LogP contribution in [0, 0.1) is 10.1 Å². The van der Waals surface area contributed by atoms with Crippen LogP contribution in [0.2, 0.25) is 0 Å². The molecule has 2 rings (SSSR count). The SMILES string of the molecule is Nc1ccc(/N=N/c2cc(C(=O)O)c([N+](=O)[O-])c(C(=O)O)c2)cc1. The molecule has 24 heavy (non-hydrogen) atoms. The average molecular weight is 330 g/mol. The highest BCUT2D eigenvalue weighted by atomic mass is 16.6. The standard InChI is InChI=1S/C14H10N4O6/c15-7-1-3-8(4-2-7)16-17-9-5-10(13(19)20)12(18(23)24)11(6-9)14(21)22/h1-6H,15H2,(H,19,20)(H,21,22)/b17-16+. The maximum atomic E-state index is 11.2. The predicted molar refractivity (Wildman–Crippen MR) is 82.0 cm³/mol. The number of azo groups is 1. The number of nitrogens with zero attached hydrogens (tertiary/aromatic N) is 3. The van der Waals surface area contributed by atoms with E-state index < -0.39 is 33.7 Å². The number of nitro benzene ring substituents is 1. The summed E-state index contributed by atoms with van der Waals surface area (Å²) in [5.74, 6) is -3.29. The number of nitro groups is 1. The van der Waals surface area contributed by atoms with Crippen LogP contribution in [-0.2, 0) is 0 Å². The number of nitrogen functional groups attached to an aromatic ring is 1. The summed E-state index contributed by atoms with van der Waals surface area (Å²) >= 11 is 0. The molecule has 0 bridgehead atoms. The molecule has 0 spiro atoms. The van der Waals surface area contributed by atoms with Crippen LogP contribution in [0.5, 0.6) is 0 Å². The maximum Gasteiger partial charge on any atom is 0.342 e. The molecule has 0 aliphatic carbocycles. The first-order valence-corrected chi connectivity index (χ1v) is 6.36. The average Bonchev–Trinajstić information content (AvgIpc) is 2.53. The summed E-state index contributed by atoms with van der Waals surface area (Å²) in [4.78, 5) is 32.3. The normalized spacial score (nSPS) is 10.7. The van der Waals surface area contributed by atoms with Gasteiger partial charge in [-0.05, 0) is 36.4 Å². The van der Waals surface area contributed by atoms with Crippen LogP contribution < -0.4 is 5.73 Å². The Hall–Kier alpha value is -3.82. The predicted octanol–water partition coefficient (Wildman–Crippen LogP) is 2.99. The van der Waals surface area contributed by atoms with E-state index in [1.807, 2.05) is 0 Å². The highest BCUT2D eigenvalue weighted by Gasteiger charge is 2.29. The Morgan fingerprint density at radius 1 is 0.958 bits per heavy atom. The molecule has 122 valence electrons. The Morgan fingerprint density at radius 3 is 1.83 bits per heavy atom. The third-order valence-corrected chi connectivity index (χ3v) is 2.91. The topological polar surface area (TPSA) is 168 Å². The molecule has 0 heterocycles. The van der Waals surface area contributed by atoms with Gasteiger partial charge in [0.25, 0.3) is 5.69 Å². The Morgan fingerprint density at radius 2 is 1.42 bits per heavy atom. The maximum absolute atomic E-state index is 11.2. The fourth-order valence-electron chi connectivity index (χ4n) is 1.86. The van der Waals surface area contributed by atoms with E-state index >= 15 is 0 Å². The lowest BCUT2D eigenvalue weighted by Gasteiger charge is -2.03. The third-order valence-electron chi connectivity index (χ3n) is 2.91. The van der Waals surface area contributed by atoms with Crippen LogP contribution >= 0.6 is 0 Å². The zero-order chi connectivity index (χ0) is 17.9. The number of carbonyl (C=O) groups is 2. The van der Waals surface area contributed by atoms with Crippen molar-refractivity contribution in [2.45, 2.75) is 0 Å². The van der Waals surface area contributed by atoms with Gasteiger partial charge in [0.2, 0.25) is 0 Å². The number of anilines is 1. The van der Waals surface area contributed by atoms with Crippen LogP contribution in [0.4, 0.5) is 22.7 Å². The second-order valence-corrected chi connectivity index (χ2v) is 4.55. The lowest BCUT2D eigenvalue weighted by Crippen LogP contribution is -2.09. The van der Waals surface area contributed by atoms with Gasteiger partial charge in [-0.3, -0.25) is 10.1 Å². The molecular formula is C14H10N4O6. The summed E-state index contributed by atoms with van der Waals surface area (Å²) in [7, 11) is 0. The van der Waals surface area contributed by atoms with Gasteiger partial charge in [0.15, 0.2) is 0 Å². The third kappa shape index (κ3) is 3.50. The van der Waals surface area contributed by atoms with Crippen LogP contribution in [0.1, 0.15) is 20.7 Å². The summed E-state index contributed by atoms with van der Waals surface area (Å²) in [6.45, 7) is 0. The van der Waals surface area contributed by atoms with Crippen molar-refractivity contribution in [3.63, 3.8) is 0 Å². The number of hydrogen-bond donors (Lipinski definition) is 3. The Bertz CT molecular complexity index is 825. The molecule has 4 N–H and O–H groups in total. The largest absolute Gasteiger partial charge is 0.477 e. The number of hydrogen-bond acceptors (Lipinski definition) is 7. The molecule has 0 unspecified atom stereocenters. The number of aromatic carboxylic acids is 2. The van der Waals surface area contributed by atoms with Gasteiger partial charge in [-0.1, -0.05) is 0 Å². The van der Waals surface area contributed by atoms with Crippen LogP contribution in [0.25, 0.3) is 0 Å². The minimum atomic E-state index is -1.64. The quantitative estimate of drug-likeness (QED) is 0.327. The van der Waals surface area contributed by atoms with E-state index in [1.165, 1.54) is 0 Å². The van der Waals surface area contributed by atoms with E-state index in [9.17, 15) is 19.7 Å². The van der Waals surface area contributed by atoms with Crippen molar-refractivity contribution in [2.75, 3.05) is 5.73 Å². The van der Waals surface area contributed by atoms with Gasteiger partial charge in [0.1, 0.15) is 11.1 Å². The van der Waals surface area contributed by atoms with E-state index in [1.54, 1.807) is 24.3 Å². The first kappa shape index (κ1) is 16.5. The lowest BCUT2D eigenvalue weighted by atomic mass is 10.1. The number of rotatable bonds is 5. The van der Waals surface area contributed by atoms with Crippen molar-refractivity contribution in [3.05, 3.63) is 57.6 Å².